The van der Waals surface area contributed by atoms with Crippen molar-refractivity contribution >= 4 is 10.0 Å². The van der Waals surface area contributed by atoms with Crippen molar-refractivity contribution in [3.8, 4) is 0 Å². The van der Waals surface area contributed by atoms with E-state index in [9.17, 15) is 8.42 Å². The Morgan fingerprint density at radius 3 is 2.25 bits per heavy atom. The van der Waals surface area contributed by atoms with E-state index in [2.05, 4.69) is 9.88 Å². The van der Waals surface area contributed by atoms with Crippen LogP contribution in [0.3, 0.4) is 0 Å². The summed E-state index contributed by atoms with van der Waals surface area (Å²) in [6.45, 7) is 7.12. The molecule has 0 bridgehead atoms. The highest BCUT2D eigenvalue weighted by Gasteiger charge is 2.25. The average molecular weight is 246 g/mol. The normalized spacial score (nSPS) is 12.3. The van der Waals surface area contributed by atoms with Gasteiger partial charge in [-0.1, -0.05) is 19.0 Å². The maximum absolute atomic E-state index is 12.1. The molecular weight excluding hydrogens is 228 g/mol. The van der Waals surface area contributed by atoms with Crippen LogP contribution in [-0.4, -0.2) is 19.6 Å². The van der Waals surface area contributed by atoms with E-state index in [1.54, 1.807) is 13.8 Å². The van der Waals surface area contributed by atoms with E-state index >= 15 is 0 Å². The topological polar surface area (TPSA) is 72.2 Å². The smallest absolute Gasteiger partial charge is 0.246 e. The van der Waals surface area contributed by atoms with Gasteiger partial charge in [0.2, 0.25) is 10.0 Å². The summed E-state index contributed by atoms with van der Waals surface area (Å²) in [6.07, 6.45) is 1.53. The van der Waals surface area contributed by atoms with Gasteiger partial charge in [-0.05, 0) is 26.7 Å². The van der Waals surface area contributed by atoms with Crippen molar-refractivity contribution in [2.45, 2.75) is 51.5 Å². The Morgan fingerprint density at radius 1 is 1.31 bits per heavy atom. The van der Waals surface area contributed by atoms with Crippen LogP contribution in [0.4, 0.5) is 0 Å². The summed E-state index contributed by atoms with van der Waals surface area (Å²) in [5.41, 5.74) is 0.399. The lowest BCUT2D eigenvalue weighted by atomic mass is 10.2. The lowest BCUT2D eigenvalue weighted by molar-refractivity contribution is 0.390. The number of rotatable bonds is 5. The van der Waals surface area contributed by atoms with Crippen LogP contribution >= 0.6 is 0 Å². The Bertz CT molecular complexity index is 427. The third-order valence-corrected chi connectivity index (χ3v) is 4.31. The van der Waals surface area contributed by atoms with E-state index in [1.807, 2.05) is 13.8 Å². The number of aryl methyl sites for hydroxylation is 2. The van der Waals surface area contributed by atoms with Gasteiger partial charge in [0.05, 0.1) is 0 Å². The van der Waals surface area contributed by atoms with Crippen LogP contribution in [0.5, 0.6) is 0 Å². The summed E-state index contributed by atoms with van der Waals surface area (Å²) in [5.74, 6) is 0.330. The Morgan fingerprint density at radius 2 is 1.88 bits per heavy atom. The number of aromatic nitrogens is 1. The van der Waals surface area contributed by atoms with Crippen LogP contribution in [0.25, 0.3) is 0 Å². The predicted octanol–water partition coefficient (Wildman–Crippen LogP) is 1.76. The molecule has 0 radical (unpaired) electrons. The van der Waals surface area contributed by atoms with Crippen molar-refractivity contribution in [3.63, 3.8) is 0 Å². The first-order valence-electron chi connectivity index (χ1n) is 5.37. The molecule has 92 valence electrons. The molecule has 0 saturated heterocycles. The van der Waals surface area contributed by atoms with E-state index in [0.29, 0.717) is 11.5 Å². The highest BCUT2D eigenvalue weighted by molar-refractivity contribution is 7.89. The number of nitrogens with zero attached hydrogens (tertiary/aromatic N) is 1. The molecule has 0 aliphatic heterocycles. The Kier molecular flexibility index (Phi) is 4.09. The SMILES string of the molecule is CCC(CC)NS(=O)(=O)c1c(C)noc1C. The zero-order chi connectivity index (χ0) is 12.3. The molecule has 0 aromatic carbocycles. The zero-order valence-electron chi connectivity index (χ0n) is 10.1. The standard InChI is InChI=1S/C10H18N2O3S/c1-5-9(6-2)12-16(13,14)10-7(3)11-15-8(10)4/h9,12H,5-6H2,1-4H3. The lowest BCUT2D eigenvalue weighted by Gasteiger charge is -2.14. The van der Waals surface area contributed by atoms with Gasteiger partial charge in [0.15, 0.2) is 5.76 Å². The minimum atomic E-state index is -3.51. The van der Waals surface area contributed by atoms with Gasteiger partial charge >= 0.3 is 0 Å². The maximum Gasteiger partial charge on any atom is 0.246 e. The van der Waals surface area contributed by atoms with Crippen LogP contribution in [0, 0.1) is 13.8 Å². The predicted molar refractivity (Wildman–Crippen MR) is 60.7 cm³/mol. The monoisotopic (exact) mass is 246 g/mol. The summed E-state index contributed by atoms with van der Waals surface area (Å²) in [4.78, 5) is 0.166. The second-order valence-corrected chi connectivity index (χ2v) is 5.44. The van der Waals surface area contributed by atoms with Crippen LogP contribution < -0.4 is 4.72 Å². The van der Waals surface area contributed by atoms with E-state index in [1.165, 1.54) is 0 Å². The van der Waals surface area contributed by atoms with E-state index in [0.717, 1.165) is 12.8 Å². The second kappa shape index (κ2) is 4.97. The van der Waals surface area contributed by atoms with E-state index < -0.39 is 10.0 Å². The largest absolute Gasteiger partial charge is 0.360 e. The molecule has 0 unspecified atom stereocenters. The summed E-state index contributed by atoms with van der Waals surface area (Å²) in [6, 6.07) is -0.0429. The Hall–Kier alpha value is -0.880. The van der Waals surface area contributed by atoms with Gasteiger partial charge in [-0.25, -0.2) is 13.1 Å². The van der Waals surface area contributed by atoms with Crippen molar-refractivity contribution in [2.24, 2.45) is 0 Å². The quantitative estimate of drug-likeness (QED) is 0.859. The third kappa shape index (κ3) is 2.62. The summed E-state index contributed by atoms with van der Waals surface area (Å²) < 4.78 is 31.6. The number of sulfonamides is 1. The van der Waals surface area contributed by atoms with E-state index in [4.69, 9.17) is 4.52 Å². The second-order valence-electron chi connectivity index (χ2n) is 3.79. The minimum absolute atomic E-state index is 0.0429. The van der Waals surface area contributed by atoms with Gasteiger partial charge in [-0.2, -0.15) is 0 Å². The Labute approximate surface area is 96.3 Å². The van der Waals surface area contributed by atoms with Crippen LogP contribution in [0.2, 0.25) is 0 Å². The lowest BCUT2D eigenvalue weighted by Crippen LogP contribution is -2.34. The van der Waals surface area contributed by atoms with Crippen molar-refractivity contribution in [1.29, 1.82) is 0 Å². The van der Waals surface area contributed by atoms with Crippen molar-refractivity contribution in [2.75, 3.05) is 0 Å². The molecule has 5 nitrogen and oxygen atoms in total. The molecule has 16 heavy (non-hydrogen) atoms. The van der Waals surface area contributed by atoms with Gasteiger partial charge in [0.1, 0.15) is 10.6 Å². The minimum Gasteiger partial charge on any atom is -0.360 e. The molecule has 1 aromatic heterocycles. The summed E-state index contributed by atoms with van der Waals surface area (Å²) in [5, 5.41) is 3.65. The highest BCUT2D eigenvalue weighted by Crippen LogP contribution is 2.19. The summed E-state index contributed by atoms with van der Waals surface area (Å²) >= 11 is 0. The van der Waals surface area contributed by atoms with Crippen molar-refractivity contribution < 1.29 is 12.9 Å². The molecule has 0 amide bonds. The summed E-state index contributed by atoms with van der Waals surface area (Å²) in [7, 11) is -3.51. The number of nitrogens with one attached hydrogen (secondary N) is 1. The van der Waals surface area contributed by atoms with Gasteiger partial charge in [0, 0.05) is 6.04 Å². The molecule has 1 heterocycles. The highest BCUT2D eigenvalue weighted by atomic mass is 32.2. The van der Waals surface area contributed by atoms with Crippen molar-refractivity contribution in [3.05, 3.63) is 11.5 Å². The van der Waals surface area contributed by atoms with Gasteiger partial charge in [0.25, 0.3) is 0 Å². The third-order valence-electron chi connectivity index (χ3n) is 2.54. The van der Waals surface area contributed by atoms with Crippen LogP contribution in [0.15, 0.2) is 9.42 Å². The van der Waals surface area contributed by atoms with Gasteiger partial charge < -0.3 is 4.52 Å². The molecular formula is C10H18N2O3S. The molecule has 1 N–H and O–H groups in total. The first-order valence-corrected chi connectivity index (χ1v) is 6.85. The van der Waals surface area contributed by atoms with E-state index in [-0.39, 0.29) is 10.9 Å². The van der Waals surface area contributed by atoms with Gasteiger partial charge in [-0.15, -0.1) is 0 Å². The van der Waals surface area contributed by atoms with Crippen LogP contribution in [-0.2, 0) is 10.0 Å². The molecule has 0 aliphatic carbocycles. The molecule has 0 saturated carbocycles. The zero-order valence-corrected chi connectivity index (χ0v) is 10.9. The molecule has 0 spiro atoms. The fourth-order valence-electron chi connectivity index (χ4n) is 1.59. The maximum atomic E-state index is 12.1. The molecule has 6 heteroatoms. The Balaban J connectivity index is 3.03. The molecule has 1 rings (SSSR count). The molecule has 0 atom stereocenters. The molecule has 1 aromatic rings. The fourth-order valence-corrected chi connectivity index (χ4v) is 3.32. The fraction of sp³-hybridized carbons (Fsp3) is 0.700. The number of hydrogen-bond donors (Lipinski definition) is 1. The molecule has 0 fully saturated rings. The first kappa shape index (κ1) is 13.2. The van der Waals surface area contributed by atoms with Crippen molar-refractivity contribution in [1.82, 2.24) is 9.88 Å². The molecule has 0 aliphatic rings. The number of hydrogen-bond acceptors (Lipinski definition) is 4. The van der Waals surface area contributed by atoms with Gasteiger partial charge in [-0.3, -0.25) is 0 Å². The first-order chi connectivity index (χ1) is 7.42. The average Bonchev–Trinajstić information content (AvgIpc) is 2.55. The van der Waals surface area contributed by atoms with Crippen LogP contribution in [0.1, 0.15) is 38.1 Å².